The monoisotopic (exact) mass is 309 g/mol. The first kappa shape index (κ1) is 19.7. The van der Waals surface area contributed by atoms with Crippen LogP contribution in [0.15, 0.2) is 0 Å². The number of rotatable bonds is 10. The lowest BCUT2D eigenvalue weighted by molar-refractivity contribution is -0.159. The van der Waals surface area contributed by atoms with Crippen LogP contribution in [0.25, 0.3) is 0 Å². The summed E-state index contributed by atoms with van der Waals surface area (Å²) >= 11 is 0. The van der Waals surface area contributed by atoms with Gasteiger partial charge < -0.3 is 35.6 Å². The van der Waals surface area contributed by atoms with Gasteiger partial charge in [0, 0.05) is 0 Å². The standard InChI is InChI=1S/C12H23NO8/c1-6(2)9(13-5-15)12(20)21-4-8(17)11(19)10(18)7(16)3-14/h5-11,14,16-19H,3-4H2,1-2H3,(H,13,15)/t7-,8-,9+,10-,11-/m1/s1. The van der Waals surface area contributed by atoms with Gasteiger partial charge in [0.15, 0.2) is 0 Å². The largest absolute Gasteiger partial charge is 0.461 e. The minimum Gasteiger partial charge on any atom is -0.461 e. The van der Waals surface area contributed by atoms with E-state index in [9.17, 15) is 24.9 Å². The highest BCUT2D eigenvalue weighted by Gasteiger charge is 2.31. The number of esters is 1. The highest BCUT2D eigenvalue weighted by Crippen LogP contribution is 2.08. The van der Waals surface area contributed by atoms with E-state index in [1.807, 2.05) is 0 Å². The Morgan fingerprint density at radius 2 is 1.67 bits per heavy atom. The Morgan fingerprint density at radius 1 is 1.14 bits per heavy atom. The van der Waals surface area contributed by atoms with Crippen molar-refractivity contribution >= 4 is 12.4 Å². The molecule has 0 aromatic carbocycles. The van der Waals surface area contributed by atoms with Gasteiger partial charge in [0.1, 0.15) is 37.1 Å². The van der Waals surface area contributed by atoms with Gasteiger partial charge in [-0.3, -0.25) is 4.79 Å². The lowest BCUT2D eigenvalue weighted by atomic mass is 10.0. The Balaban J connectivity index is 4.42. The molecule has 0 saturated carbocycles. The maximum Gasteiger partial charge on any atom is 0.328 e. The average molecular weight is 309 g/mol. The summed E-state index contributed by atoms with van der Waals surface area (Å²) in [4.78, 5) is 22.0. The van der Waals surface area contributed by atoms with E-state index in [2.05, 4.69) is 5.32 Å². The fraction of sp³-hybridized carbons (Fsp3) is 0.833. The summed E-state index contributed by atoms with van der Waals surface area (Å²) in [5.41, 5.74) is 0. The summed E-state index contributed by atoms with van der Waals surface area (Å²) in [5, 5.41) is 48.5. The molecular formula is C12H23NO8. The molecule has 0 aliphatic heterocycles. The third kappa shape index (κ3) is 6.36. The normalized spacial score (nSPS) is 18.5. The van der Waals surface area contributed by atoms with Gasteiger partial charge in [-0.2, -0.15) is 0 Å². The summed E-state index contributed by atoms with van der Waals surface area (Å²) in [6, 6.07) is -0.903. The van der Waals surface area contributed by atoms with Gasteiger partial charge in [0.05, 0.1) is 6.61 Å². The van der Waals surface area contributed by atoms with Crippen LogP contribution in [0.1, 0.15) is 13.8 Å². The molecule has 6 N–H and O–H groups in total. The molecule has 0 saturated heterocycles. The molecule has 0 heterocycles. The first-order chi connectivity index (χ1) is 9.76. The first-order valence-electron chi connectivity index (χ1n) is 6.45. The van der Waals surface area contributed by atoms with Crippen LogP contribution in [0.3, 0.4) is 0 Å². The van der Waals surface area contributed by atoms with Crippen molar-refractivity contribution in [2.24, 2.45) is 5.92 Å². The van der Waals surface area contributed by atoms with E-state index in [-0.39, 0.29) is 5.92 Å². The average Bonchev–Trinajstić information content (AvgIpc) is 2.46. The molecule has 1 amide bonds. The van der Waals surface area contributed by atoms with Gasteiger partial charge in [0.2, 0.25) is 6.41 Å². The molecule has 5 atom stereocenters. The molecule has 0 rings (SSSR count). The summed E-state index contributed by atoms with van der Waals surface area (Å²) in [6.45, 7) is 1.91. The van der Waals surface area contributed by atoms with Crippen molar-refractivity contribution in [3.63, 3.8) is 0 Å². The predicted molar refractivity (Wildman–Crippen MR) is 69.9 cm³/mol. The lowest BCUT2D eigenvalue weighted by Gasteiger charge is -2.26. The van der Waals surface area contributed by atoms with E-state index >= 15 is 0 Å². The van der Waals surface area contributed by atoms with E-state index in [1.54, 1.807) is 13.8 Å². The molecule has 21 heavy (non-hydrogen) atoms. The van der Waals surface area contributed by atoms with Gasteiger partial charge in [0.25, 0.3) is 0 Å². The quantitative estimate of drug-likeness (QED) is 0.181. The second-order valence-electron chi connectivity index (χ2n) is 4.93. The maximum atomic E-state index is 11.7. The summed E-state index contributed by atoms with van der Waals surface area (Å²) < 4.78 is 4.74. The Labute approximate surface area is 122 Å². The maximum absolute atomic E-state index is 11.7. The number of carbonyl (C=O) groups excluding carboxylic acids is 2. The number of carbonyl (C=O) groups is 2. The summed E-state index contributed by atoms with van der Waals surface area (Å²) in [6.07, 6.45) is -6.55. The van der Waals surface area contributed by atoms with Crippen LogP contribution >= 0.6 is 0 Å². The molecule has 0 radical (unpaired) electrons. The van der Waals surface area contributed by atoms with Crippen LogP contribution in [0.2, 0.25) is 0 Å². The van der Waals surface area contributed by atoms with Crippen molar-refractivity contribution in [2.75, 3.05) is 13.2 Å². The number of aliphatic hydroxyl groups is 5. The van der Waals surface area contributed by atoms with Crippen molar-refractivity contribution in [1.29, 1.82) is 0 Å². The Bertz CT molecular complexity index is 324. The van der Waals surface area contributed by atoms with E-state index in [0.717, 1.165) is 0 Å². The highest BCUT2D eigenvalue weighted by atomic mass is 16.5. The lowest BCUT2D eigenvalue weighted by Crippen LogP contribution is -2.48. The summed E-state index contributed by atoms with van der Waals surface area (Å²) in [7, 11) is 0. The van der Waals surface area contributed by atoms with E-state index in [0.29, 0.717) is 6.41 Å². The minimum atomic E-state index is -1.81. The zero-order chi connectivity index (χ0) is 16.6. The van der Waals surface area contributed by atoms with Crippen LogP contribution in [0, 0.1) is 5.92 Å². The highest BCUT2D eigenvalue weighted by molar-refractivity contribution is 5.78. The molecule has 0 aliphatic carbocycles. The zero-order valence-corrected chi connectivity index (χ0v) is 11.9. The molecule has 0 aromatic heterocycles. The molecular weight excluding hydrogens is 286 g/mol. The molecule has 0 aliphatic rings. The van der Waals surface area contributed by atoms with Crippen molar-refractivity contribution in [3.8, 4) is 0 Å². The van der Waals surface area contributed by atoms with Gasteiger partial charge in [-0.25, -0.2) is 4.79 Å². The molecule has 0 spiro atoms. The van der Waals surface area contributed by atoms with Crippen LogP contribution in [0.4, 0.5) is 0 Å². The van der Waals surface area contributed by atoms with Crippen molar-refractivity contribution < 1.29 is 39.9 Å². The number of aliphatic hydroxyl groups excluding tert-OH is 5. The van der Waals surface area contributed by atoms with E-state index < -0.39 is 49.6 Å². The molecule has 0 aromatic rings. The zero-order valence-electron chi connectivity index (χ0n) is 11.9. The van der Waals surface area contributed by atoms with Crippen molar-refractivity contribution in [1.82, 2.24) is 5.32 Å². The fourth-order valence-corrected chi connectivity index (χ4v) is 1.53. The Morgan fingerprint density at radius 3 is 2.10 bits per heavy atom. The fourth-order valence-electron chi connectivity index (χ4n) is 1.53. The van der Waals surface area contributed by atoms with E-state index in [1.165, 1.54) is 0 Å². The first-order valence-corrected chi connectivity index (χ1v) is 6.45. The number of amides is 1. The van der Waals surface area contributed by atoms with E-state index in [4.69, 9.17) is 14.9 Å². The topological polar surface area (TPSA) is 157 Å². The van der Waals surface area contributed by atoms with Crippen LogP contribution in [0.5, 0.6) is 0 Å². The third-order valence-electron chi connectivity index (χ3n) is 2.89. The molecule has 0 unspecified atom stereocenters. The SMILES string of the molecule is CC(C)[C@H](NC=O)C(=O)OC[C@@H](O)[C@@H](O)[C@H](O)[C@H](O)CO. The Hall–Kier alpha value is -1.26. The molecule has 9 nitrogen and oxygen atoms in total. The second-order valence-corrected chi connectivity index (χ2v) is 4.93. The number of nitrogens with one attached hydrogen (secondary N) is 1. The Kier molecular flexibility index (Phi) is 9.06. The molecule has 9 heteroatoms. The van der Waals surface area contributed by atoms with Crippen LogP contribution < -0.4 is 5.32 Å². The van der Waals surface area contributed by atoms with Crippen LogP contribution in [-0.4, -0.2) is 81.6 Å². The van der Waals surface area contributed by atoms with Crippen LogP contribution in [-0.2, 0) is 14.3 Å². The van der Waals surface area contributed by atoms with Gasteiger partial charge >= 0.3 is 5.97 Å². The second kappa shape index (κ2) is 9.64. The summed E-state index contributed by atoms with van der Waals surface area (Å²) in [5.74, 6) is -1.05. The number of ether oxygens (including phenoxy) is 1. The third-order valence-corrected chi connectivity index (χ3v) is 2.89. The number of hydrogen-bond acceptors (Lipinski definition) is 8. The molecule has 0 bridgehead atoms. The van der Waals surface area contributed by atoms with Crippen molar-refractivity contribution in [2.45, 2.75) is 44.3 Å². The van der Waals surface area contributed by atoms with Crippen molar-refractivity contribution in [3.05, 3.63) is 0 Å². The van der Waals surface area contributed by atoms with Gasteiger partial charge in [-0.1, -0.05) is 13.8 Å². The predicted octanol–water partition coefficient (Wildman–Crippen LogP) is -3.26. The number of hydrogen-bond donors (Lipinski definition) is 6. The van der Waals surface area contributed by atoms with Gasteiger partial charge in [-0.15, -0.1) is 0 Å². The van der Waals surface area contributed by atoms with Gasteiger partial charge in [-0.05, 0) is 5.92 Å². The minimum absolute atomic E-state index is 0.244. The smallest absolute Gasteiger partial charge is 0.328 e. The molecule has 124 valence electrons. The molecule has 0 fully saturated rings.